The number of hydrogen-bond acceptors (Lipinski definition) is 4. The van der Waals surface area contributed by atoms with E-state index in [2.05, 4.69) is 50.4 Å². The number of aromatic nitrogens is 1. The van der Waals surface area contributed by atoms with Crippen molar-refractivity contribution in [3.05, 3.63) is 75.7 Å². The highest BCUT2D eigenvalue weighted by molar-refractivity contribution is 7.80. The van der Waals surface area contributed by atoms with E-state index in [0.717, 1.165) is 26.3 Å². The predicted octanol–water partition coefficient (Wildman–Crippen LogP) is 5.04. The molecule has 2 atom stereocenters. The van der Waals surface area contributed by atoms with Crippen LogP contribution in [-0.2, 0) is 0 Å². The van der Waals surface area contributed by atoms with Gasteiger partial charge >= 0.3 is 0 Å². The highest BCUT2D eigenvalue weighted by atomic mass is 35.5. The van der Waals surface area contributed by atoms with E-state index in [9.17, 15) is 0 Å². The highest BCUT2D eigenvalue weighted by Gasteiger charge is 2.41. The molecular formula is C20H19ClN4S2. The standard InChI is InChI=1S/C20H19ClN4S2/c1-24(2)13-6-8-14(9-7-13)25-19(16-10-11-17(21)27-16)18(23-20(25)26)15-5-3-4-12-22-15/h3-12,18-19H,1-2H3,(H,23,26)/t18-,19+/m0/s1. The van der Waals surface area contributed by atoms with Crippen LogP contribution in [0.3, 0.4) is 0 Å². The summed E-state index contributed by atoms with van der Waals surface area (Å²) >= 11 is 13.5. The van der Waals surface area contributed by atoms with Crippen molar-refractivity contribution < 1.29 is 0 Å². The Balaban J connectivity index is 1.78. The summed E-state index contributed by atoms with van der Waals surface area (Å²) in [6.45, 7) is 0. The number of thiocarbonyl (C=S) groups is 1. The van der Waals surface area contributed by atoms with Gasteiger partial charge in [-0.2, -0.15) is 0 Å². The van der Waals surface area contributed by atoms with Crippen molar-refractivity contribution in [1.29, 1.82) is 0 Å². The molecule has 1 fully saturated rings. The van der Waals surface area contributed by atoms with Gasteiger partial charge in [0.25, 0.3) is 0 Å². The van der Waals surface area contributed by atoms with Gasteiger partial charge in [-0.3, -0.25) is 4.98 Å². The van der Waals surface area contributed by atoms with E-state index in [1.54, 1.807) is 11.3 Å². The SMILES string of the molecule is CN(C)c1ccc(N2C(=S)N[C@@H](c3ccccn3)[C@H]2c2ccc(Cl)s2)cc1. The van der Waals surface area contributed by atoms with Crippen LogP contribution in [0.2, 0.25) is 4.34 Å². The molecule has 138 valence electrons. The summed E-state index contributed by atoms with van der Waals surface area (Å²) in [5.41, 5.74) is 3.15. The summed E-state index contributed by atoms with van der Waals surface area (Å²) in [5, 5.41) is 4.15. The van der Waals surface area contributed by atoms with E-state index >= 15 is 0 Å². The van der Waals surface area contributed by atoms with Crippen LogP contribution in [0.1, 0.15) is 22.7 Å². The molecule has 1 aliphatic heterocycles. The van der Waals surface area contributed by atoms with E-state index < -0.39 is 0 Å². The number of pyridine rings is 1. The minimum Gasteiger partial charge on any atom is -0.378 e. The normalized spacial score (nSPS) is 19.2. The number of halogens is 1. The average Bonchev–Trinajstić information content (AvgIpc) is 3.25. The molecule has 1 aliphatic rings. The van der Waals surface area contributed by atoms with Gasteiger partial charge in [0.2, 0.25) is 0 Å². The number of benzene rings is 1. The van der Waals surface area contributed by atoms with Crippen LogP contribution in [0, 0.1) is 0 Å². The van der Waals surface area contributed by atoms with Crippen LogP contribution in [0.25, 0.3) is 0 Å². The molecule has 1 aromatic carbocycles. The first-order valence-corrected chi connectivity index (χ1v) is 10.2. The Morgan fingerprint density at radius 1 is 1.11 bits per heavy atom. The number of nitrogens with zero attached hydrogens (tertiary/aromatic N) is 3. The first-order chi connectivity index (χ1) is 13.0. The molecule has 27 heavy (non-hydrogen) atoms. The minimum atomic E-state index is -0.0399. The first-order valence-electron chi connectivity index (χ1n) is 8.58. The summed E-state index contributed by atoms with van der Waals surface area (Å²) in [5.74, 6) is 0. The molecule has 1 N–H and O–H groups in total. The molecule has 0 radical (unpaired) electrons. The predicted molar refractivity (Wildman–Crippen MR) is 118 cm³/mol. The summed E-state index contributed by atoms with van der Waals surface area (Å²) in [7, 11) is 4.06. The first kappa shape index (κ1) is 18.2. The zero-order valence-electron chi connectivity index (χ0n) is 15.0. The molecule has 0 bridgehead atoms. The fourth-order valence-corrected chi connectivity index (χ4v) is 4.86. The maximum absolute atomic E-state index is 6.24. The zero-order chi connectivity index (χ0) is 19.0. The van der Waals surface area contributed by atoms with E-state index in [0.29, 0.717) is 5.11 Å². The number of thiophene rings is 1. The van der Waals surface area contributed by atoms with Crippen LogP contribution < -0.4 is 15.1 Å². The molecule has 0 aliphatic carbocycles. The summed E-state index contributed by atoms with van der Waals surface area (Å²) in [6, 6.07) is 18.3. The van der Waals surface area contributed by atoms with Gasteiger partial charge in [-0.15, -0.1) is 11.3 Å². The van der Waals surface area contributed by atoms with E-state index in [1.807, 2.05) is 44.6 Å². The molecule has 0 spiro atoms. The highest BCUT2D eigenvalue weighted by Crippen LogP contribution is 2.44. The quantitative estimate of drug-likeness (QED) is 0.604. The molecule has 3 aromatic rings. The number of anilines is 2. The molecule has 4 rings (SSSR count). The Hall–Kier alpha value is -2.15. The molecule has 1 saturated heterocycles. The second kappa shape index (κ2) is 7.46. The van der Waals surface area contributed by atoms with Crippen LogP contribution in [0.15, 0.2) is 60.8 Å². The lowest BCUT2D eigenvalue weighted by molar-refractivity contribution is 0.575. The van der Waals surface area contributed by atoms with Gasteiger partial charge in [0, 0.05) is 36.5 Å². The maximum Gasteiger partial charge on any atom is 0.174 e. The lowest BCUT2D eigenvalue weighted by Crippen LogP contribution is -2.29. The van der Waals surface area contributed by atoms with Crippen molar-refractivity contribution in [3.8, 4) is 0 Å². The molecule has 4 nitrogen and oxygen atoms in total. The van der Waals surface area contributed by atoms with Gasteiger partial charge in [-0.05, 0) is 60.7 Å². The van der Waals surface area contributed by atoms with Gasteiger partial charge in [-0.1, -0.05) is 17.7 Å². The molecule has 0 saturated carbocycles. The lowest BCUT2D eigenvalue weighted by atomic mass is 10.0. The molecular weight excluding hydrogens is 396 g/mol. The van der Waals surface area contributed by atoms with Crippen molar-refractivity contribution >= 4 is 51.6 Å². The van der Waals surface area contributed by atoms with Gasteiger partial charge in [0.05, 0.1) is 22.1 Å². The monoisotopic (exact) mass is 414 g/mol. The fourth-order valence-electron chi connectivity index (χ4n) is 3.32. The zero-order valence-corrected chi connectivity index (χ0v) is 17.4. The average molecular weight is 415 g/mol. The summed E-state index contributed by atoms with van der Waals surface area (Å²) in [6.07, 6.45) is 1.81. The van der Waals surface area contributed by atoms with Gasteiger partial charge < -0.3 is 15.1 Å². The molecule has 2 aromatic heterocycles. The Labute approximate surface area is 173 Å². The fraction of sp³-hybridized carbons (Fsp3) is 0.200. The third-order valence-corrected chi connectivity index (χ3v) is 6.24. The van der Waals surface area contributed by atoms with Crippen molar-refractivity contribution in [2.45, 2.75) is 12.1 Å². The van der Waals surface area contributed by atoms with Crippen LogP contribution in [0.5, 0.6) is 0 Å². The maximum atomic E-state index is 6.24. The molecule has 0 amide bonds. The number of hydrogen-bond donors (Lipinski definition) is 1. The van der Waals surface area contributed by atoms with E-state index in [4.69, 9.17) is 23.8 Å². The third kappa shape index (κ3) is 3.52. The van der Waals surface area contributed by atoms with Gasteiger partial charge in [0.15, 0.2) is 5.11 Å². The van der Waals surface area contributed by atoms with Crippen molar-refractivity contribution in [2.24, 2.45) is 0 Å². The smallest absolute Gasteiger partial charge is 0.174 e. The second-order valence-electron chi connectivity index (χ2n) is 6.55. The summed E-state index contributed by atoms with van der Waals surface area (Å²) < 4.78 is 0.769. The van der Waals surface area contributed by atoms with Crippen LogP contribution in [-0.4, -0.2) is 24.2 Å². The van der Waals surface area contributed by atoms with Gasteiger partial charge in [0.1, 0.15) is 0 Å². The largest absolute Gasteiger partial charge is 0.378 e. The Morgan fingerprint density at radius 2 is 1.89 bits per heavy atom. The third-order valence-electron chi connectivity index (χ3n) is 4.63. The lowest BCUT2D eigenvalue weighted by Gasteiger charge is -2.27. The van der Waals surface area contributed by atoms with E-state index in [1.165, 1.54) is 0 Å². The number of rotatable bonds is 4. The van der Waals surface area contributed by atoms with Crippen molar-refractivity contribution in [1.82, 2.24) is 10.3 Å². The van der Waals surface area contributed by atoms with Crippen molar-refractivity contribution in [2.75, 3.05) is 23.9 Å². The van der Waals surface area contributed by atoms with Gasteiger partial charge in [-0.25, -0.2) is 0 Å². The Morgan fingerprint density at radius 3 is 2.48 bits per heavy atom. The number of nitrogens with one attached hydrogen (secondary N) is 1. The Kier molecular flexibility index (Phi) is 5.04. The molecule has 3 heterocycles. The topological polar surface area (TPSA) is 31.4 Å². The summed E-state index contributed by atoms with van der Waals surface area (Å²) in [4.78, 5) is 9.96. The molecule has 0 unspecified atom stereocenters. The van der Waals surface area contributed by atoms with Crippen LogP contribution in [0.4, 0.5) is 11.4 Å². The van der Waals surface area contributed by atoms with E-state index in [-0.39, 0.29) is 12.1 Å². The Bertz CT molecular complexity index is 940. The second-order valence-corrected chi connectivity index (χ2v) is 8.68. The minimum absolute atomic E-state index is 0.00453. The van der Waals surface area contributed by atoms with Crippen LogP contribution >= 0.6 is 35.2 Å². The van der Waals surface area contributed by atoms with Crippen molar-refractivity contribution in [3.63, 3.8) is 0 Å². The molecule has 7 heteroatoms.